The Labute approximate surface area is 146 Å². The van der Waals surface area contributed by atoms with Crippen molar-refractivity contribution in [3.8, 4) is 23.0 Å². The van der Waals surface area contributed by atoms with Gasteiger partial charge in [-0.2, -0.15) is 0 Å². The number of carbonyl (C=O) groups excluding carboxylic acids is 1. The van der Waals surface area contributed by atoms with Gasteiger partial charge in [0, 0.05) is 6.54 Å². The van der Waals surface area contributed by atoms with E-state index < -0.39 is 0 Å². The number of nitrogens with one attached hydrogen (secondary N) is 1. The third-order valence-electron chi connectivity index (χ3n) is 3.60. The van der Waals surface area contributed by atoms with Gasteiger partial charge in [-0.3, -0.25) is 4.79 Å². The van der Waals surface area contributed by atoms with Crippen LogP contribution >= 0.6 is 0 Å². The summed E-state index contributed by atoms with van der Waals surface area (Å²) in [6.45, 7) is 3.20. The fraction of sp³-hybridized carbons (Fsp3) is 0.316. The quantitative estimate of drug-likeness (QED) is 0.798. The number of hydrogen-bond donors (Lipinski definition) is 1. The van der Waals surface area contributed by atoms with Crippen molar-refractivity contribution in [3.63, 3.8) is 0 Å². The van der Waals surface area contributed by atoms with Crippen LogP contribution in [0.15, 0.2) is 42.5 Å². The lowest BCUT2D eigenvalue weighted by molar-refractivity contribution is -0.123. The number of rotatable bonds is 8. The Morgan fingerprint density at radius 2 is 1.84 bits per heavy atom. The van der Waals surface area contributed by atoms with Crippen molar-refractivity contribution in [1.29, 1.82) is 0 Å². The largest absolute Gasteiger partial charge is 0.490 e. The molecule has 0 aliphatic carbocycles. The predicted octanol–water partition coefficient (Wildman–Crippen LogP) is 2.90. The summed E-state index contributed by atoms with van der Waals surface area (Å²) in [4.78, 5) is 12.0. The first-order valence-electron chi connectivity index (χ1n) is 8.26. The first kappa shape index (κ1) is 17.0. The van der Waals surface area contributed by atoms with Gasteiger partial charge in [0.15, 0.2) is 29.6 Å². The van der Waals surface area contributed by atoms with Gasteiger partial charge in [0.1, 0.15) is 0 Å². The van der Waals surface area contributed by atoms with E-state index in [-0.39, 0.29) is 19.3 Å². The van der Waals surface area contributed by atoms with Gasteiger partial charge in [0.2, 0.25) is 6.79 Å². The monoisotopic (exact) mass is 343 g/mol. The van der Waals surface area contributed by atoms with Crippen molar-refractivity contribution < 1.29 is 23.7 Å². The molecule has 1 amide bonds. The zero-order chi connectivity index (χ0) is 17.5. The molecular formula is C19H21NO5. The molecule has 0 unspecified atom stereocenters. The van der Waals surface area contributed by atoms with E-state index in [1.165, 1.54) is 0 Å². The van der Waals surface area contributed by atoms with Crippen LogP contribution in [-0.4, -0.2) is 25.9 Å². The van der Waals surface area contributed by atoms with E-state index in [1.807, 2.05) is 43.3 Å². The van der Waals surface area contributed by atoms with E-state index in [9.17, 15) is 4.79 Å². The van der Waals surface area contributed by atoms with Crippen molar-refractivity contribution in [1.82, 2.24) is 5.32 Å². The van der Waals surface area contributed by atoms with Crippen LogP contribution in [0.4, 0.5) is 0 Å². The molecule has 0 saturated heterocycles. The zero-order valence-electron chi connectivity index (χ0n) is 14.1. The molecule has 132 valence electrons. The molecule has 0 radical (unpaired) electrons. The van der Waals surface area contributed by atoms with Crippen molar-refractivity contribution in [2.75, 3.05) is 20.0 Å². The van der Waals surface area contributed by atoms with Crippen molar-refractivity contribution in [3.05, 3.63) is 48.0 Å². The highest BCUT2D eigenvalue weighted by molar-refractivity contribution is 5.77. The molecule has 1 heterocycles. The van der Waals surface area contributed by atoms with Gasteiger partial charge in [-0.05, 0) is 36.2 Å². The Kier molecular flexibility index (Phi) is 5.61. The zero-order valence-corrected chi connectivity index (χ0v) is 14.1. The van der Waals surface area contributed by atoms with Gasteiger partial charge in [-0.15, -0.1) is 0 Å². The van der Waals surface area contributed by atoms with Crippen LogP contribution in [-0.2, 0) is 11.3 Å². The first-order valence-corrected chi connectivity index (χ1v) is 8.26. The smallest absolute Gasteiger partial charge is 0.258 e. The molecular weight excluding hydrogens is 322 g/mol. The van der Waals surface area contributed by atoms with Crippen molar-refractivity contribution in [2.45, 2.75) is 19.9 Å². The maximum absolute atomic E-state index is 12.0. The number of benzene rings is 2. The number of carbonyl (C=O) groups is 1. The fourth-order valence-electron chi connectivity index (χ4n) is 2.35. The van der Waals surface area contributed by atoms with Gasteiger partial charge in [-0.25, -0.2) is 0 Å². The van der Waals surface area contributed by atoms with Crippen LogP contribution in [0, 0.1) is 0 Å². The summed E-state index contributed by atoms with van der Waals surface area (Å²) < 4.78 is 21.8. The van der Waals surface area contributed by atoms with E-state index in [2.05, 4.69) is 5.32 Å². The summed E-state index contributed by atoms with van der Waals surface area (Å²) in [5.74, 6) is 2.43. The topological polar surface area (TPSA) is 66.0 Å². The third kappa shape index (κ3) is 4.56. The maximum atomic E-state index is 12.0. The SMILES string of the molecule is CCCOc1ccccc1OCC(=O)NCc1ccc2c(c1)OCO2. The maximum Gasteiger partial charge on any atom is 0.258 e. The van der Waals surface area contributed by atoms with Crippen molar-refractivity contribution >= 4 is 5.91 Å². The molecule has 0 fully saturated rings. The summed E-state index contributed by atoms with van der Waals surface area (Å²) >= 11 is 0. The lowest BCUT2D eigenvalue weighted by Crippen LogP contribution is -2.28. The van der Waals surface area contributed by atoms with Gasteiger partial charge >= 0.3 is 0 Å². The van der Waals surface area contributed by atoms with E-state index in [4.69, 9.17) is 18.9 Å². The van der Waals surface area contributed by atoms with E-state index in [0.29, 0.717) is 30.4 Å². The minimum atomic E-state index is -0.206. The first-order chi connectivity index (χ1) is 12.3. The molecule has 2 aromatic rings. The number of fused-ring (bicyclic) bond motifs is 1. The molecule has 3 rings (SSSR count). The molecule has 0 spiro atoms. The summed E-state index contributed by atoms with van der Waals surface area (Å²) in [5.41, 5.74) is 0.935. The standard InChI is InChI=1S/C19H21NO5/c1-2-9-22-15-5-3-4-6-16(15)23-12-19(21)20-11-14-7-8-17-18(10-14)25-13-24-17/h3-8,10H,2,9,11-13H2,1H3,(H,20,21). The van der Waals surface area contributed by atoms with Crippen LogP contribution in [0.3, 0.4) is 0 Å². The molecule has 1 aliphatic rings. The average Bonchev–Trinajstić information content (AvgIpc) is 3.11. The van der Waals surface area contributed by atoms with Crippen LogP contribution in [0.1, 0.15) is 18.9 Å². The van der Waals surface area contributed by atoms with Gasteiger partial charge < -0.3 is 24.3 Å². The lowest BCUT2D eigenvalue weighted by atomic mass is 10.2. The molecule has 6 heteroatoms. The molecule has 25 heavy (non-hydrogen) atoms. The predicted molar refractivity (Wildman–Crippen MR) is 92.1 cm³/mol. The minimum absolute atomic E-state index is 0.0724. The number of amides is 1. The van der Waals surface area contributed by atoms with Crippen LogP contribution in [0.25, 0.3) is 0 Å². The van der Waals surface area contributed by atoms with Crippen LogP contribution < -0.4 is 24.3 Å². The number of ether oxygens (including phenoxy) is 4. The third-order valence-corrected chi connectivity index (χ3v) is 3.60. The Morgan fingerprint density at radius 3 is 2.64 bits per heavy atom. The minimum Gasteiger partial charge on any atom is -0.490 e. The summed E-state index contributed by atoms with van der Waals surface area (Å²) in [6.07, 6.45) is 0.907. The molecule has 1 N–H and O–H groups in total. The molecule has 2 aromatic carbocycles. The highest BCUT2D eigenvalue weighted by Gasteiger charge is 2.13. The average molecular weight is 343 g/mol. The summed E-state index contributed by atoms with van der Waals surface area (Å²) in [7, 11) is 0. The highest BCUT2D eigenvalue weighted by atomic mass is 16.7. The van der Waals surface area contributed by atoms with Gasteiger partial charge in [-0.1, -0.05) is 25.1 Å². The second kappa shape index (κ2) is 8.28. The van der Waals surface area contributed by atoms with Crippen LogP contribution in [0.5, 0.6) is 23.0 Å². The second-order valence-electron chi connectivity index (χ2n) is 5.55. The van der Waals surface area contributed by atoms with Gasteiger partial charge in [0.25, 0.3) is 5.91 Å². The van der Waals surface area contributed by atoms with E-state index >= 15 is 0 Å². The molecule has 0 bridgehead atoms. The summed E-state index contributed by atoms with van der Waals surface area (Å²) in [5, 5.41) is 2.82. The Bertz CT molecular complexity index is 732. The number of para-hydroxylation sites is 2. The number of hydrogen-bond acceptors (Lipinski definition) is 5. The summed E-state index contributed by atoms with van der Waals surface area (Å²) in [6, 6.07) is 12.9. The fourth-order valence-corrected chi connectivity index (χ4v) is 2.35. The Balaban J connectivity index is 1.48. The molecule has 0 atom stereocenters. The second-order valence-corrected chi connectivity index (χ2v) is 5.55. The molecule has 0 saturated carbocycles. The Morgan fingerprint density at radius 1 is 1.08 bits per heavy atom. The Hall–Kier alpha value is -2.89. The molecule has 0 aromatic heterocycles. The molecule has 6 nitrogen and oxygen atoms in total. The van der Waals surface area contributed by atoms with Crippen molar-refractivity contribution in [2.24, 2.45) is 0 Å². The van der Waals surface area contributed by atoms with E-state index in [0.717, 1.165) is 17.7 Å². The lowest BCUT2D eigenvalue weighted by Gasteiger charge is -2.12. The van der Waals surface area contributed by atoms with Crippen LogP contribution in [0.2, 0.25) is 0 Å². The normalized spacial score (nSPS) is 11.9. The molecule has 1 aliphatic heterocycles. The van der Waals surface area contributed by atoms with E-state index in [1.54, 1.807) is 6.07 Å². The highest BCUT2D eigenvalue weighted by Crippen LogP contribution is 2.32. The van der Waals surface area contributed by atoms with Gasteiger partial charge in [0.05, 0.1) is 6.61 Å².